The maximum atomic E-state index is 15.6. The van der Waals surface area contributed by atoms with Crippen LogP contribution in [0.15, 0.2) is 103 Å². The number of benzene rings is 4. The molecule has 1 aromatic heterocycles. The van der Waals surface area contributed by atoms with Crippen LogP contribution in [0, 0.1) is 11.7 Å². The molecule has 5 aromatic rings. The van der Waals surface area contributed by atoms with Gasteiger partial charge >= 0.3 is 0 Å². The molecule has 5 aliphatic heterocycles. The first-order valence-electron chi connectivity index (χ1n) is 20.0. The lowest BCUT2D eigenvalue weighted by Crippen LogP contribution is -2.69. The first-order valence-corrected chi connectivity index (χ1v) is 20.5. The molecule has 0 radical (unpaired) electrons. The van der Waals surface area contributed by atoms with Crippen molar-refractivity contribution in [3.05, 3.63) is 126 Å². The number of rotatable bonds is 10. The van der Waals surface area contributed by atoms with E-state index in [0.29, 0.717) is 42.4 Å². The molecule has 4 aromatic carbocycles. The zero-order valence-corrected chi connectivity index (χ0v) is 32.2. The number of carbonyl (C=O) groups excluding carboxylic acids is 2. The smallest absolute Gasteiger partial charge is 0.249 e. The predicted octanol–water partition coefficient (Wildman–Crippen LogP) is 8.23. The number of aromatic nitrogens is 1. The number of carbonyl (C=O) groups is 2. The minimum Gasteiger partial charge on any atom is -0.508 e. The summed E-state index contributed by atoms with van der Waals surface area (Å²) in [5, 5.41) is 14.1. The zero-order valence-electron chi connectivity index (χ0n) is 31.4. The summed E-state index contributed by atoms with van der Waals surface area (Å²) in [6, 6.07) is 30.5. The van der Waals surface area contributed by atoms with E-state index < -0.39 is 6.04 Å². The van der Waals surface area contributed by atoms with Crippen LogP contribution in [-0.2, 0) is 9.59 Å². The van der Waals surface area contributed by atoms with E-state index >= 15 is 4.39 Å². The zero-order chi connectivity index (χ0) is 38.3. The lowest BCUT2D eigenvalue weighted by molar-refractivity contribution is -0.135. The normalized spacial score (nSPS) is 22.2. The number of fused-ring (bicyclic) bond motifs is 3. The molecule has 5 fully saturated rings. The van der Waals surface area contributed by atoms with Crippen LogP contribution in [0.1, 0.15) is 61.3 Å². The number of allylic oxidation sites excluding steroid dienone is 1. The summed E-state index contributed by atoms with van der Waals surface area (Å²) >= 11 is 6.37. The maximum Gasteiger partial charge on any atom is 0.249 e. The molecule has 2 amide bonds. The number of phenolic OH excluding ortho intramolecular Hbond substituents is 1. The molecule has 288 valence electrons. The van der Waals surface area contributed by atoms with Crippen molar-refractivity contribution in [2.75, 3.05) is 48.4 Å². The number of nitrogens with one attached hydrogen (secondary N) is 1. The lowest BCUT2D eigenvalue weighted by atomic mass is 9.85. The number of imide groups is 1. The largest absolute Gasteiger partial charge is 0.508 e. The van der Waals surface area contributed by atoms with Crippen LogP contribution in [0.3, 0.4) is 0 Å². The summed E-state index contributed by atoms with van der Waals surface area (Å²) in [5.41, 5.74) is 7.53. The average molecular weight is 772 g/mol. The summed E-state index contributed by atoms with van der Waals surface area (Å²) in [7, 11) is 0. The van der Waals surface area contributed by atoms with Crippen LogP contribution in [0.2, 0.25) is 0 Å². The van der Waals surface area contributed by atoms with Crippen molar-refractivity contribution in [2.45, 2.75) is 56.7 Å². The molecule has 3 unspecified atom stereocenters. The quantitative estimate of drug-likeness (QED) is 0.0847. The molecule has 56 heavy (non-hydrogen) atoms. The fourth-order valence-corrected chi connectivity index (χ4v) is 9.82. The van der Waals surface area contributed by atoms with Crippen LogP contribution in [0.25, 0.3) is 21.9 Å². The van der Waals surface area contributed by atoms with E-state index in [9.17, 15) is 14.7 Å². The summed E-state index contributed by atoms with van der Waals surface area (Å²) in [6.07, 6.45) is 8.58. The van der Waals surface area contributed by atoms with Crippen molar-refractivity contribution in [1.29, 1.82) is 0 Å². The Morgan fingerprint density at radius 3 is 2.14 bits per heavy atom. The highest BCUT2D eigenvalue weighted by molar-refractivity contribution is 6.18. The SMILES string of the molecule is O=C1CCC(n2cc3cc(F)c(N4C5CC4CN(CC4CCN(c6ccc(C(=C(CCCl)c7ccccc7)c7ccc(O)cc7)cc6)CC4)C5)cc3c2)C(=O)N1. The second kappa shape index (κ2) is 15.4. The Hall–Kier alpha value is -5.12. The van der Waals surface area contributed by atoms with Crippen LogP contribution in [0.4, 0.5) is 15.8 Å². The molecule has 10 rings (SSSR count). The fraction of sp³-hybridized carbons (Fsp3) is 0.348. The molecule has 2 N–H and O–H groups in total. The van der Waals surface area contributed by atoms with E-state index in [0.717, 1.165) is 91.4 Å². The van der Waals surface area contributed by atoms with Gasteiger partial charge in [-0.25, -0.2) is 4.39 Å². The second-order valence-corrected chi connectivity index (χ2v) is 16.3. The van der Waals surface area contributed by atoms with Crippen molar-refractivity contribution in [1.82, 2.24) is 14.8 Å². The second-order valence-electron chi connectivity index (χ2n) is 16.0. The fourth-order valence-electron chi connectivity index (χ4n) is 9.63. The van der Waals surface area contributed by atoms with Crippen molar-refractivity contribution >= 4 is 56.7 Å². The van der Waals surface area contributed by atoms with Gasteiger partial charge in [0.1, 0.15) is 17.6 Å². The van der Waals surface area contributed by atoms with Crippen LogP contribution >= 0.6 is 11.6 Å². The number of piperazine rings is 1. The molecular formula is C46H47ClFN5O3. The van der Waals surface area contributed by atoms with Gasteiger partial charge in [0.15, 0.2) is 0 Å². The van der Waals surface area contributed by atoms with E-state index in [4.69, 9.17) is 11.6 Å². The third-order valence-electron chi connectivity index (χ3n) is 12.4. The highest BCUT2D eigenvalue weighted by Gasteiger charge is 2.46. The number of aromatic hydroxyl groups is 1. The Bertz CT molecular complexity index is 2250. The summed E-state index contributed by atoms with van der Waals surface area (Å²) in [6.45, 7) is 5.00. The van der Waals surface area contributed by atoms with Crippen molar-refractivity contribution in [2.24, 2.45) is 5.92 Å². The molecule has 0 saturated carbocycles. The van der Waals surface area contributed by atoms with E-state index in [-0.39, 0.29) is 23.4 Å². The minimum atomic E-state index is -0.454. The summed E-state index contributed by atoms with van der Waals surface area (Å²) < 4.78 is 17.4. The Labute approximate surface area is 332 Å². The number of piperidine rings is 3. The molecule has 0 aliphatic carbocycles. The molecule has 3 atom stereocenters. The van der Waals surface area contributed by atoms with Gasteiger partial charge in [-0.1, -0.05) is 54.6 Å². The Balaban J connectivity index is 0.829. The van der Waals surface area contributed by atoms with Gasteiger partial charge in [-0.2, -0.15) is 0 Å². The number of alkyl halides is 1. The van der Waals surface area contributed by atoms with Gasteiger partial charge in [0.25, 0.3) is 0 Å². The average Bonchev–Trinajstić information content (AvgIpc) is 3.61. The van der Waals surface area contributed by atoms with Gasteiger partial charge in [-0.15, -0.1) is 11.6 Å². The van der Waals surface area contributed by atoms with Gasteiger partial charge in [-0.3, -0.25) is 19.8 Å². The first-order chi connectivity index (χ1) is 27.3. The molecule has 5 saturated heterocycles. The third-order valence-corrected chi connectivity index (χ3v) is 12.6. The molecule has 10 heteroatoms. The Kier molecular flexibility index (Phi) is 10.1. The van der Waals surface area contributed by atoms with Crippen LogP contribution in [-0.4, -0.2) is 77.1 Å². The highest BCUT2D eigenvalue weighted by atomic mass is 35.5. The Morgan fingerprint density at radius 1 is 0.821 bits per heavy atom. The van der Waals surface area contributed by atoms with Gasteiger partial charge in [0, 0.05) is 86.0 Å². The molecule has 6 heterocycles. The van der Waals surface area contributed by atoms with Crippen molar-refractivity contribution < 1.29 is 19.1 Å². The number of hydrogen-bond acceptors (Lipinski definition) is 6. The first kappa shape index (κ1) is 36.5. The lowest BCUT2D eigenvalue weighted by Gasteiger charge is -2.58. The van der Waals surface area contributed by atoms with E-state index in [2.05, 4.69) is 68.5 Å². The summed E-state index contributed by atoms with van der Waals surface area (Å²) in [4.78, 5) is 31.5. The summed E-state index contributed by atoms with van der Waals surface area (Å²) in [5.74, 6) is 0.622. The van der Waals surface area contributed by atoms with Gasteiger partial charge < -0.3 is 19.5 Å². The molecule has 2 bridgehead atoms. The van der Waals surface area contributed by atoms with Gasteiger partial charge in [0.05, 0.1) is 5.69 Å². The monoisotopic (exact) mass is 771 g/mol. The number of phenols is 1. The highest BCUT2D eigenvalue weighted by Crippen LogP contribution is 2.41. The third kappa shape index (κ3) is 7.19. The maximum absolute atomic E-state index is 15.6. The molecule has 5 aliphatic rings. The Morgan fingerprint density at radius 2 is 1.48 bits per heavy atom. The predicted molar refractivity (Wildman–Crippen MR) is 222 cm³/mol. The van der Waals surface area contributed by atoms with Crippen LogP contribution in [0.5, 0.6) is 5.75 Å². The van der Waals surface area contributed by atoms with E-state index in [1.165, 1.54) is 11.3 Å². The molecule has 8 nitrogen and oxygen atoms in total. The van der Waals surface area contributed by atoms with E-state index in [1.54, 1.807) is 18.2 Å². The van der Waals surface area contributed by atoms with Crippen LogP contribution < -0.4 is 15.1 Å². The van der Waals surface area contributed by atoms with Crippen molar-refractivity contribution in [3.8, 4) is 5.75 Å². The number of amides is 2. The number of nitrogens with zero attached hydrogens (tertiary/aromatic N) is 4. The van der Waals surface area contributed by atoms with Gasteiger partial charge in [0.2, 0.25) is 11.8 Å². The van der Waals surface area contributed by atoms with Gasteiger partial charge in [-0.05, 0) is 102 Å². The molecular weight excluding hydrogens is 725 g/mol. The molecule has 0 spiro atoms. The number of halogens is 2. The minimum absolute atomic E-state index is 0.221. The van der Waals surface area contributed by atoms with E-state index in [1.807, 2.05) is 41.2 Å². The number of anilines is 2. The van der Waals surface area contributed by atoms with Crippen molar-refractivity contribution in [3.63, 3.8) is 0 Å². The standard InChI is InChI=1S/C46H47ClFN5O3/c47-19-16-40(31-4-2-1-3-5-31)45(33-8-12-39(54)13-9-33)32-6-10-36(11-7-32)51-20-17-30(18-21-51)25-50-28-37-24-38(29-50)53(37)43-23-35-27-52(26-34(35)22-41(43)48)42-14-15-44(55)49-46(42)56/h1-13,22-23,26-27,30,37-38,42,54H,14-21,24-25,28-29H2,(H,49,55,56). The number of hydrogen-bond donors (Lipinski definition) is 2. The topological polar surface area (TPSA) is 81.1 Å².